The first-order valence-corrected chi connectivity index (χ1v) is 8.34. The van der Waals surface area contributed by atoms with Gasteiger partial charge in [-0.25, -0.2) is 0 Å². The number of hydrogen-bond donors (Lipinski definition) is 1. The topological polar surface area (TPSA) is 38.3 Å². The van der Waals surface area contributed by atoms with Crippen LogP contribution in [0.4, 0.5) is 0 Å². The van der Waals surface area contributed by atoms with Crippen molar-refractivity contribution in [2.75, 3.05) is 13.2 Å². The van der Waals surface area contributed by atoms with Crippen LogP contribution in [-0.4, -0.2) is 19.1 Å². The summed E-state index contributed by atoms with van der Waals surface area (Å²) in [6, 6.07) is 13.6. The lowest BCUT2D eigenvalue weighted by Crippen LogP contribution is -2.29. The van der Waals surface area contributed by atoms with E-state index in [0.717, 1.165) is 17.7 Å². The van der Waals surface area contributed by atoms with Crippen molar-refractivity contribution in [3.05, 3.63) is 64.2 Å². The molecule has 0 aromatic heterocycles. The molecule has 0 radical (unpaired) electrons. The van der Waals surface area contributed by atoms with Crippen molar-refractivity contribution in [1.82, 2.24) is 5.32 Å². The number of carbonyl (C=O) groups is 1. The molecule has 120 valence electrons. The Morgan fingerprint density at radius 2 is 1.87 bits per heavy atom. The van der Waals surface area contributed by atoms with E-state index in [-0.39, 0.29) is 5.91 Å². The van der Waals surface area contributed by atoms with E-state index < -0.39 is 0 Å². The van der Waals surface area contributed by atoms with E-state index in [1.54, 1.807) is 12.1 Å². The Balaban J connectivity index is 1.39. The maximum absolute atomic E-state index is 11.9. The lowest BCUT2D eigenvalue weighted by Gasteiger charge is -2.09. The maximum atomic E-state index is 11.9. The third kappa shape index (κ3) is 4.49. The van der Waals surface area contributed by atoms with Gasteiger partial charge in [0, 0.05) is 5.02 Å². The van der Waals surface area contributed by atoms with Gasteiger partial charge in [-0.05, 0) is 60.2 Å². The summed E-state index contributed by atoms with van der Waals surface area (Å²) in [6.45, 7) is 0.981. The molecule has 1 amide bonds. The van der Waals surface area contributed by atoms with E-state index >= 15 is 0 Å². The summed E-state index contributed by atoms with van der Waals surface area (Å²) in [5.74, 6) is 0.877. The molecule has 0 spiro atoms. The van der Waals surface area contributed by atoms with Crippen LogP contribution in [0.25, 0.3) is 0 Å². The zero-order valence-corrected chi connectivity index (χ0v) is 13.7. The molecule has 4 heteroatoms. The number of aryl methyl sites for hydroxylation is 2. The highest BCUT2D eigenvalue weighted by molar-refractivity contribution is 6.30. The van der Waals surface area contributed by atoms with E-state index in [4.69, 9.17) is 16.3 Å². The first-order valence-electron chi connectivity index (χ1n) is 7.96. The van der Waals surface area contributed by atoms with Gasteiger partial charge in [0.15, 0.2) is 0 Å². The van der Waals surface area contributed by atoms with Crippen LogP contribution in [0.1, 0.15) is 23.1 Å². The number of hydrogen-bond acceptors (Lipinski definition) is 2. The fourth-order valence-corrected chi connectivity index (χ4v) is 2.97. The third-order valence-corrected chi connectivity index (χ3v) is 4.29. The SMILES string of the molecule is O=C(Cc1ccc(Cl)cc1)NCCOc1ccc2c(c1)CCC2. The van der Waals surface area contributed by atoms with Gasteiger partial charge in [-0.1, -0.05) is 29.8 Å². The first-order chi connectivity index (χ1) is 11.2. The molecule has 23 heavy (non-hydrogen) atoms. The smallest absolute Gasteiger partial charge is 0.224 e. The molecule has 0 saturated carbocycles. The molecule has 1 aliphatic rings. The molecule has 1 N–H and O–H groups in total. The van der Waals surface area contributed by atoms with Crippen molar-refractivity contribution in [3.8, 4) is 5.75 Å². The number of rotatable bonds is 6. The number of nitrogens with one attached hydrogen (secondary N) is 1. The van der Waals surface area contributed by atoms with E-state index in [1.807, 2.05) is 18.2 Å². The van der Waals surface area contributed by atoms with Crippen LogP contribution in [0.3, 0.4) is 0 Å². The standard InChI is InChI=1S/C19H20ClNO2/c20-17-7-4-14(5-8-17)12-19(22)21-10-11-23-18-9-6-15-2-1-3-16(15)13-18/h4-9,13H,1-3,10-12H2,(H,21,22). The fourth-order valence-electron chi connectivity index (χ4n) is 2.85. The van der Waals surface area contributed by atoms with Gasteiger partial charge < -0.3 is 10.1 Å². The molecule has 0 bridgehead atoms. The summed E-state index contributed by atoms with van der Waals surface area (Å²) < 4.78 is 5.72. The summed E-state index contributed by atoms with van der Waals surface area (Å²) in [5.41, 5.74) is 3.79. The molecule has 0 saturated heterocycles. The summed E-state index contributed by atoms with van der Waals surface area (Å²) >= 11 is 5.83. The molecule has 0 heterocycles. The number of amides is 1. The van der Waals surface area contributed by atoms with Crippen LogP contribution < -0.4 is 10.1 Å². The van der Waals surface area contributed by atoms with Gasteiger partial charge in [-0.15, -0.1) is 0 Å². The second kappa shape index (κ2) is 7.51. The van der Waals surface area contributed by atoms with Crippen molar-refractivity contribution >= 4 is 17.5 Å². The van der Waals surface area contributed by atoms with Gasteiger partial charge in [0.25, 0.3) is 0 Å². The van der Waals surface area contributed by atoms with Crippen molar-refractivity contribution in [2.24, 2.45) is 0 Å². The predicted octanol–water partition coefficient (Wildman–Crippen LogP) is 3.57. The summed E-state index contributed by atoms with van der Waals surface area (Å²) in [6.07, 6.45) is 3.91. The Labute approximate surface area is 141 Å². The van der Waals surface area contributed by atoms with Gasteiger partial charge in [-0.3, -0.25) is 4.79 Å². The Bertz CT molecular complexity index is 682. The van der Waals surface area contributed by atoms with Gasteiger partial charge in [0.1, 0.15) is 12.4 Å². The zero-order valence-electron chi connectivity index (χ0n) is 13.0. The number of benzene rings is 2. The Morgan fingerprint density at radius 3 is 2.70 bits per heavy atom. The molecule has 0 atom stereocenters. The summed E-state index contributed by atoms with van der Waals surface area (Å²) in [5, 5.41) is 3.55. The van der Waals surface area contributed by atoms with Gasteiger partial charge in [0.2, 0.25) is 5.91 Å². The Hall–Kier alpha value is -2.00. The molecule has 0 unspecified atom stereocenters. The maximum Gasteiger partial charge on any atom is 0.224 e. The predicted molar refractivity (Wildman–Crippen MR) is 92.1 cm³/mol. The van der Waals surface area contributed by atoms with Crippen LogP contribution >= 0.6 is 11.6 Å². The van der Waals surface area contributed by atoms with Crippen LogP contribution in [0.15, 0.2) is 42.5 Å². The average molecular weight is 330 g/mol. The average Bonchev–Trinajstić information content (AvgIpc) is 3.01. The van der Waals surface area contributed by atoms with Crippen LogP contribution in [-0.2, 0) is 24.1 Å². The van der Waals surface area contributed by atoms with E-state index in [0.29, 0.717) is 24.6 Å². The van der Waals surface area contributed by atoms with Gasteiger partial charge >= 0.3 is 0 Å². The van der Waals surface area contributed by atoms with Crippen LogP contribution in [0.5, 0.6) is 5.75 Å². The van der Waals surface area contributed by atoms with E-state index in [2.05, 4.69) is 17.4 Å². The molecule has 1 aliphatic carbocycles. The van der Waals surface area contributed by atoms with Crippen molar-refractivity contribution < 1.29 is 9.53 Å². The molecular weight excluding hydrogens is 310 g/mol. The van der Waals surface area contributed by atoms with E-state index in [1.165, 1.54) is 24.0 Å². The normalized spacial score (nSPS) is 12.7. The van der Waals surface area contributed by atoms with Gasteiger partial charge in [0.05, 0.1) is 13.0 Å². The van der Waals surface area contributed by atoms with Crippen molar-refractivity contribution in [1.29, 1.82) is 0 Å². The molecule has 2 aromatic carbocycles. The van der Waals surface area contributed by atoms with Crippen molar-refractivity contribution in [3.63, 3.8) is 0 Å². The van der Waals surface area contributed by atoms with Crippen molar-refractivity contribution in [2.45, 2.75) is 25.7 Å². The molecule has 3 nitrogen and oxygen atoms in total. The monoisotopic (exact) mass is 329 g/mol. The Morgan fingerprint density at radius 1 is 1.09 bits per heavy atom. The molecular formula is C19H20ClNO2. The Kier molecular flexibility index (Phi) is 5.19. The zero-order chi connectivity index (χ0) is 16.1. The number of fused-ring (bicyclic) bond motifs is 1. The minimum Gasteiger partial charge on any atom is -0.492 e. The highest BCUT2D eigenvalue weighted by atomic mass is 35.5. The lowest BCUT2D eigenvalue weighted by molar-refractivity contribution is -0.120. The quantitative estimate of drug-likeness (QED) is 0.823. The molecule has 2 aromatic rings. The van der Waals surface area contributed by atoms with Gasteiger partial charge in [-0.2, -0.15) is 0 Å². The molecule has 3 rings (SSSR count). The minimum absolute atomic E-state index is 0.00937. The molecule has 0 aliphatic heterocycles. The number of ether oxygens (including phenoxy) is 1. The first kappa shape index (κ1) is 15.9. The lowest BCUT2D eigenvalue weighted by atomic mass is 10.1. The van der Waals surface area contributed by atoms with Crippen LogP contribution in [0, 0.1) is 0 Å². The minimum atomic E-state index is -0.00937. The third-order valence-electron chi connectivity index (χ3n) is 4.04. The van der Waals surface area contributed by atoms with E-state index in [9.17, 15) is 4.79 Å². The highest BCUT2D eigenvalue weighted by Gasteiger charge is 2.11. The second-order valence-corrected chi connectivity index (χ2v) is 6.22. The second-order valence-electron chi connectivity index (χ2n) is 5.79. The summed E-state index contributed by atoms with van der Waals surface area (Å²) in [4.78, 5) is 11.9. The largest absolute Gasteiger partial charge is 0.492 e. The fraction of sp³-hybridized carbons (Fsp3) is 0.316. The number of halogens is 1. The molecule has 0 fully saturated rings. The summed E-state index contributed by atoms with van der Waals surface area (Å²) in [7, 11) is 0. The number of carbonyl (C=O) groups excluding carboxylic acids is 1. The highest BCUT2D eigenvalue weighted by Crippen LogP contribution is 2.25. The van der Waals surface area contributed by atoms with Crippen LogP contribution in [0.2, 0.25) is 5.02 Å².